The number of benzene rings is 1. The minimum Gasteiger partial charge on any atom is -0.498 e. The number of methoxy groups -OCH3 is 1. The third kappa shape index (κ3) is 9.97. The Kier molecular flexibility index (Phi) is 13.4. The van der Waals surface area contributed by atoms with Crippen LogP contribution in [0.25, 0.3) is 34.0 Å². The number of nitrogens with zero attached hydrogens (tertiary/aromatic N) is 5. The Balaban J connectivity index is 0.000000175. The van der Waals surface area contributed by atoms with Crippen molar-refractivity contribution in [1.82, 2.24) is 24.9 Å². The fourth-order valence-corrected chi connectivity index (χ4v) is 3.52. The molecule has 0 saturated heterocycles. The van der Waals surface area contributed by atoms with Gasteiger partial charge in [-0.3, -0.25) is 25.7 Å². The van der Waals surface area contributed by atoms with Crippen molar-refractivity contribution in [1.29, 1.82) is 0 Å². The molecule has 0 aliphatic heterocycles. The van der Waals surface area contributed by atoms with Crippen molar-refractivity contribution < 1.29 is 29.3 Å². The Labute approximate surface area is 258 Å². The maximum absolute atomic E-state index is 5.33. The van der Waals surface area contributed by atoms with Crippen molar-refractivity contribution in [2.45, 2.75) is 0 Å². The molecule has 9 heteroatoms. The molecule has 6 rings (SSSR count). The average Bonchev–Trinajstić information content (AvgIpc) is 3.07. The predicted molar refractivity (Wildman–Crippen MR) is 160 cm³/mol. The van der Waals surface area contributed by atoms with Crippen LogP contribution in [0.3, 0.4) is 0 Å². The van der Waals surface area contributed by atoms with Gasteiger partial charge in [0.15, 0.2) is 0 Å². The minimum absolute atomic E-state index is 0. The molecule has 0 aliphatic carbocycles. The molecule has 2 N–H and O–H groups in total. The van der Waals surface area contributed by atoms with Gasteiger partial charge >= 0.3 is 19.8 Å². The summed E-state index contributed by atoms with van der Waals surface area (Å²) < 4.78 is 10.4. The molecular weight excluding hydrogens is 703 g/mol. The van der Waals surface area contributed by atoms with Crippen LogP contribution in [0.1, 0.15) is 0 Å². The van der Waals surface area contributed by atoms with Crippen LogP contribution in [0.2, 0.25) is 0 Å². The molecule has 0 spiro atoms. The van der Waals surface area contributed by atoms with Crippen LogP contribution < -0.4 is 15.2 Å². The molecule has 1 radical (unpaired) electrons. The Morgan fingerprint density at radius 3 is 1.45 bits per heavy atom. The molecule has 0 bridgehead atoms. The van der Waals surface area contributed by atoms with Gasteiger partial charge in [-0.1, -0.05) is 24.3 Å². The van der Waals surface area contributed by atoms with Crippen LogP contribution in [0.15, 0.2) is 134 Å². The number of ether oxygens (including phenoxy) is 2. The van der Waals surface area contributed by atoms with E-state index in [2.05, 4.69) is 31.0 Å². The normalized spacial score (nSPS) is 9.57. The van der Waals surface area contributed by atoms with Crippen molar-refractivity contribution in [2.75, 3.05) is 13.8 Å². The topological polar surface area (TPSA) is 109 Å². The first-order chi connectivity index (χ1) is 20.3. The third-order valence-corrected chi connectivity index (χ3v) is 5.45. The van der Waals surface area contributed by atoms with Crippen LogP contribution in [0.5, 0.6) is 11.5 Å². The van der Waals surface area contributed by atoms with Crippen LogP contribution in [-0.4, -0.2) is 38.8 Å². The summed E-state index contributed by atoms with van der Waals surface area (Å²) in [6, 6.07) is 35.3. The summed E-state index contributed by atoms with van der Waals surface area (Å²) in [7, 11) is 1.62. The second-order valence-corrected chi connectivity index (χ2v) is 8.19. The van der Waals surface area contributed by atoms with E-state index in [0.717, 1.165) is 39.8 Å². The van der Waals surface area contributed by atoms with Gasteiger partial charge in [0, 0.05) is 36.7 Å². The van der Waals surface area contributed by atoms with Gasteiger partial charge in [0.1, 0.15) is 12.5 Å². The Morgan fingerprint density at radius 1 is 0.571 bits per heavy atom. The van der Waals surface area contributed by atoms with E-state index in [0.29, 0.717) is 5.75 Å². The SMILES string of the molecule is COc1ccnc(-c2[c-]ccc(OCN)c2)c1.[Os+].c1ccc(-c2ccccn2)nc1.c1ccc(-c2ccccn2)nc1. The van der Waals surface area contributed by atoms with Gasteiger partial charge in [-0.05, 0) is 66.4 Å². The second kappa shape index (κ2) is 17.8. The molecule has 0 amide bonds. The van der Waals surface area contributed by atoms with Crippen molar-refractivity contribution >= 4 is 0 Å². The minimum atomic E-state index is 0. The molecule has 42 heavy (non-hydrogen) atoms. The number of rotatable bonds is 6. The van der Waals surface area contributed by atoms with Gasteiger partial charge in [-0.25, -0.2) is 0 Å². The molecule has 5 heterocycles. The number of nitrogens with two attached hydrogens (primary N) is 1. The van der Waals surface area contributed by atoms with Gasteiger partial charge in [0.05, 0.1) is 29.9 Å². The van der Waals surface area contributed by atoms with Crippen molar-refractivity contribution in [3.8, 4) is 45.5 Å². The third-order valence-electron chi connectivity index (χ3n) is 5.45. The maximum atomic E-state index is 5.33. The number of hydrogen-bond acceptors (Lipinski definition) is 8. The molecule has 5 aromatic heterocycles. The van der Waals surface area contributed by atoms with Gasteiger partial charge in [0.2, 0.25) is 0 Å². The molecule has 6 aromatic rings. The summed E-state index contributed by atoms with van der Waals surface area (Å²) in [5.74, 6) is 1.46. The monoisotopic (exact) mass is 733 g/mol. The van der Waals surface area contributed by atoms with Gasteiger partial charge in [-0.2, -0.15) is 0 Å². The first kappa shape index (κ1) is 31.7. The van der Waals surface area contributed by atoms with Crippen LogP contribution in [0.4, 0.5) is 0 Å². The Bertz CT molecular complexity index is 1430. The molecule has 211 valence electrons. The van der Waals surface area contributed by atoms with Crippen molar-refractivity contribution in [2.24, 2.45) is 5.73 Å². The van der Waals surface area contributed by atoms with E-state index in [4.69, 9.17) is 15.2 Å². The fraction of sp³-hybridized carbons (Fsp3) is 0.0606. The van der Waals surface area contributed by atoms with Crippen LogP contribution in [0, 0.1) is 6.07 Å². The zero-order valence-corrected chi connectivity index (χ0v) is 25.4. The first-order valence-electron chi connectivity index (χ1n) is 12.8. The summed E-state index contributed by atoms with van der Waals surface area (Å²) in [5.41, 5.74) is 10.6. The fourth-order valence-electron chi connectivity index (χ4n) is 3.52. The molecule has 8 nitrogen and oxygen atoms in total. The molecular formula is C33H29N6O2Os. The van der Waals surface area contributed by atoms with Crippen LogP contribution in [-0.2, 0) is 19.8 Å². The van der Waals surface area contributed by atoms with E-state index in [1.54, 1.807) is 56.3 Å². The largest absolute Gasteiger partial charge is 1.00 e. The van der Waals surface area contributed by atoms with E-state index in [9.17, 15) is 0 Å². The smallest absolute Gasteiger partial charge is 0.498 e. The molecule has 0 atom stereocenters. The van der Waals surface area contributed by atoms with Gasteiger partial charge < -0.3 is 14.5 Å². The molecule has 0 aliphatic rings. The summed E-state index contributed by atoms with van der Waals surface area (Å²) in [5, 5.41) is 0. The zero-order chi connectivity index (χ0) is 28.5. The second-order valence-electron chi connectivity index (χ2n) is 8.19. The number of aromatic nitrogens is 5. The summed E-state index contributed by atoms with van der Waals surface area (Å²) >= 11 is 0. The quantitative estimate of drug-likeness (QED) is 0.161. The van der Waals surface area contributed by atoms with Gasteiger partial charge in [-0.15, -0.1) is 29.8 Å². The molecule has 1 aromatic carbocycles. The van der Waals surface area contributed by atoms with E-state index < -0.39 is 0 Å². The van der Waals surface area contributed by atoms with Gasteiger partial charge in [0.25, 0.3) is 0 Å². The van der Waals surface area contributed by atoms with Crippen LogP contribution >= 0.6 is 0 Å². The standard InChI is InChI=1S/C13H13N2O2.2C10H8N2.Os/c1-16-11-5-6-15-13(8-11)10-3-2-4-12(7-10)17-9-14;2*1-3-7-11-9(5-1)10-6-2-4-8-12-10;/h2,4-8H,9,14H2,1H3;2*1-8H;/q-1;;;+1. The van der Waals surface area contributed by atoms with E-state index in [1.165, 1.54) is 0 Å². The van der Waals surface area contributed by atoms with E-state index in [-0.39, 0.29) is 26.5 Å². The average molecular weight is 732 g/mol. The Morgan fingerprint density at radius 2 is 1.05 bits per heavy atom. The summed E-state index contributed by atoms with van der Waals surface area (Å²) in [6.45, 7) is 0.148. The molecule has 0 unspecified atom stereocenters. The van der Waals surface area contributed by atoms with E-state index in [1.807, 2.05) is 84.9 Å². The summed E-state index contributed by atoms with van der Waals surface area (Å²) in [4.78, 5) is 21.0. The zero-order valence-electron chi connectivity index (χ0n) is 22.9. The maximum Gasteiger partial charge on any atom is 1.00 e. The Hall–Kier alpha value is -4.83. The molecule has 0 fully saturated rings. The van der Waals surface area contributed by atoms with E-state index >= 15 is 0 Å². The number of hydrogen-bond donors (Lipinski definition) is 1. The first-order valence-corrected chi connectivity index (χ1v) is 12.8. The molecule has 0 saturated carbocycles. The van der Waals surface area contributed by atoms with Crippen molar-refractivity contribution in [3.05, 3.63) is 140 Å². The predicted octanol–water partition coefficient (Wildman–Crippen LogP) is 6.14. The van der Waals surface area contributed by atoms with Crippen molar-refractivity contribution in [3.63, 3.8) is 0 Å². The number of pyridine rings is 5. The summed E-state index contributed by atoms with van der Waals surface area (Å²) in [6.07, 6.45) is 8.76.